The minimum atomic E-state index is -3.78. The molecular weight excluding hydrogens is 371 g/mol. The Morgan fingerprint density at radius 3 is 2.37 bits per heavy atom. The zero-order chi connectivity index (χ0) is 20.2. The molecule has 0 heterocycles. The van der Waals surface area contributed by atoms with Crippen LogP contribution >= 0.6 is 0 Å². The third kappa shape index (κ3) is 4.97. The summed E-state index contributed by atoms with van der Waals surface area (Å²) in [6, 6.07) is 9.28. The summed E-state index contributed by atoms with van der Waals surface area (Å²) in [5, 5.41) is 2.74. The largest absolute Gasteiger partial charge is 0.495 e. The van der Waals surface area contributed by atoms with Gasteiger partial charge in [-0.25, -0.2) is 12.8 Å². The van der Waals surface area contributed by atoms with E-state index >= 15 is 0 Å². The van der Waals surface area contributed by atoms with Gasteiger partial charge in [-0.1, -0.05) is 13.0 Å². The van der Waals surface area contributed by atoms with Crippen molar-refractivity contribution in [3.05, 3.63) is 53.8 Å². The van der Waals surface area contributed by atoms with Crippen molar-refractivity contribution in [3.63, 3.8) is 0 Å². The summed E-state index contributed by atoms with van der Waals surface area (Å²) in [4.78, 5) is 12.9. The van der Waals surface area contributed by atoms with Crippen LogP contribution in [0.25, 0.3) is 0 Å². The summed E-state index contributed by atoms with van der Waals surface area (Å²) < 4.78 is 44.2. The van der Waals surface area contributed by atoms with E-state index in [0.717, 1.165) is 28.3 Å². The quantitative estimate of drug-likeness (QED) is 0.782. The number of sulfonamides is 1. The number of benzene rings is 2. The van der Waals surface area contributed by atoms with Crippen molar-refractivity contribution in [1.29, 1.82) is 0 Å². The molecule has 0 saturated carbocycles. The third-order valence-electron chi connectivity index (χ3n) is 4.02. The number of ether oxygens (including phenoxy) is 1. The number of anilines is 2. The van der Waals surface area contributed by atoms with Gasteiger partial charge in [0.15, 0.2) is 0 Å². The Labute approximate surface area is 159 Å². The first-order valence-corrected chi connectivity index (χ1v) is 10.2. The lowest BCUT2D eigenvalue weighted by Crippen LogP contribution is -2.47. The Balaban J connectivity index is 2.41. The molecule has 2 rings (SSSR count). The second-order valence-electron chi connectivity index (χ2n) is 6.15. The summed E-state index contributed by atoms with van der Waals surface area (Å²) in [6.07, 6.45) is 1.24. The molecule has 1 N–H and O–H groups in total. The second kappa shape index (κ2) is 8.39. The molecule has 1 amide bonds. The van der Waals surface area contributed by atoms with Crippen molar-refractivity contribution in [3.8, 4) is 5.75 Å². The van der Waals surface area contributed by atoms with Gasteiger partial charge >= 0.3 is 0 Å². The lowest BCUT2D eigenvalue weighted by atomic mass is 10.1. The average molecular weight is 394 g/mol. The number of halogens is 1. The van der Waals surface area contributed by atoms with E-state index in [1.807, 2.05) is 13.0 Å². The molecule has 6 nitrogen and oxygen atoms in total. The predicted octanol–water partition coefficient (Wildman–Crippen LogP) is 3.33. The number of carbonyl (C=O) groups excluding carboxylic acids is 1. The SMILES string of the molecule is CCC(C(=O)Nc1cc(C)ccc1OC)N(c1ccc(F)cc1)S(C)(=O)=O. The molecule has 2 aromatic rings. The van der Waals surface area contributed by atoms with Crippen LogP contribution in [-0.4, -0.2) is 33.7 Å². The number of amides is 1. The number of nitrogens with one attached hydrogen (secondary N) is 1. The summed E-state index contributed by atoms with van der Waals surface area (Å²) in [7, 11) is -2.30. The van der Waals surface area contributed by atoms with Crippen LogP contribution in [0, 0.1) is 12.7 Å². The molecule has 146 valence electrons. The Morgan fingerprint density at radius 1 is 1.22 bits per heavy atom. The molecule has 8 heteroatoms. The number of hydrogen-bond donors (Lipinski definition) is 1. The van der Waals surface area contributed by atoms with Crippen LogP contribution < -0.4 is 14.4 Å². The molecule has 0 aliphatic rings. The lowest BCUT2D eigenvalue weighted by Gasteiger charge is -2.30. The molecule has 0 spiro atoms. The standard InChI is InChI=1S/C19H23FN2O4S/c1-5-17(19(23)21-16-12-13(2)6-11-18(16)26-3)22(27(4,24)25)15-9-7-14(20)8-10-15/h6-12,17H,5H2,1-4H3,(H,21,23). The predicted molar refractivity (Wildman–Crippen MR) is 104 cm³/mol. The summed E-state index contributed by atoms with van der Waals surface area (Å²) in [6.45, 7) is 3.58. The summed E-state index contributed by atoms with van der Waals surface area (Å²) in [5.74, 6) is -0.526. The molecule has 0 saturated heterocycles. The Hall–Kier alpha value is -2.61. The number of hydrogen-bond acceptors (Lipinski definition) is 4. The highest BCUT2D eigenvalue weighted by Gasteiger charge is 2.32. The van der Waals surface area contributed by atoms with Gasteiger partial charge in [0.25, 0.3) is 0 Å². The lowest BCUT2D eigenvalue weighted by molar-refractivity contribution is -0.117. The molecule has 1 atom stereocenters. The van der Waals surface area contributed by atoms with Crippen molar-refractivity contribution < 1.29 is 22.3 Å². The highest BCUT2D eigenvalue weighted by atomic mass is 32.2. The number of carbonyl (C=O) groups is 1. The molecule has 1 unspecified atom stereocenters. The highest BCUT2D eigenvalue weighted by molar-refractivity contribution is 7.92. The van der Waals surface area contributed by atoms with Crippen LogP contribution in [0.2, 0.25) is 0 Å². The molecule has 0 bridgehead atoms. The number of methoxy groups -OCH3 is 1. The maximum Gasteiger partial charge on any atom is 0.248 e. The van der Waals surface area contributed by atoms with Crippen molar-refractivity contribution in [2.75, 3.05) is 23.0 Å². The van der Waals surface area contributed by atoms with Gasteiger partial charge in [-0.05, 0) is 55.3 Å². The van der Waals surface area contributed by atoms with E-state index in [1.54, 1.807) is 19.1 Å². The Morgan fingerprint density at radius 2 is 1.85 bits per heavy atom. The fourth-order valence-corrected chi connectivity index (χ4v) is 4.00. The van der Waals surface area contributed by atoms with Crippen molar-refractivity contribution in [2.24, 2.45) is 0 Å². The van der Waals surface area contributed by atoms with Gasteiger partial charge in [0.05, 0.1) is 24.7 Å². The van der Waals surface area contributed by atoms with Crippen LogP contribution in [0.4, 0.5) is 15.8 Å². The topological polar surface area (TPSA) is 75.7 Å². The van der Waals surface area contributed by atoms with E-state index < -0.39 is 27.8 Å². The number of aryl methyl sites for hydroxylation is 1. The first-order chi connectivity index (χ1) is 12.7. The molecule has 0 aromatic heterocycles. The van der Waals surface area contributed by atoms with E-state index in [0.29, 0.717) is 11.4 Å². The molecule has 0 radical (unpaired) electrons. The van der Waals surface area contributed by atoms with Crippen LogP contribution in [-0.2, 0) is 14.8 Å². The van der Waals surface area contributed by atoms with Crippen molar-refractivity contribution in [1.82, 2.24) is 0 Å². The van der Waals surface area contributed by atoms with E-state index in [4.69, 9.17) is 4.74 Å². The third-order valence-corrected chi connectivity index (χ3v) is 5.20. The fraction of sp³-hybridized carbons (Fsp3) is 0.316. The summed E-state index contributed by atoms with van der Waals surface area (Å²) in [5.41, 5.74) is 1.59. The van der Waals surface area contributed by atoms with Crippen LogP contribution in [0.15, 0.2) is 42.5 Å². The van der Waals surface area contributed by atoms with Gasteiger partial charge in [0.1, 0.15) is 17.6 Å². The van der Waals surface area contributed by atoms with E-state index in [1.165, 1.54) is 19.2 Å². The Kier molecular flexibility index (Phi) is 6.43. The first-order valence-electron chi connectivity index (χ1n) is 8.37. The molecular formula is C19H23FN2O4S. The molecule has 0 aliphatic heterocycles. The molecule has 0 aliphatic carbocycles. The van der Waals surface area contributed by atoms with Gasteiger partial charge in [-0.2, -0.15) is 0 Å². The summed E-state index contributed by atoms with van der Waals surface area (Å²) >= 11 is 0. The van der Waals surface area contributed by atoms with Crippen LogP contribution in [0.3, 0.4) is 0 Å². The van der Waals surface area contributed by atoms with Crippen LogP contribution in [0.5, 0.6) is 5.75 Å². The van der Waals surface area contributed by atoms with E-state index in [2.05, 4.69) is 5.32 Å². The van der Waals surface area contributed by atoms with Gasteiger partial charge < -0.3 is 10.1 Å². The zero-order valence-corrected chi connectivity index (χ0v) is 16.5. The van der Waals surface area contributed by atoms with Gasteiger partial charge in [0, 0.05) is 0 Å². The maximum atomic E-state index is 13.2. The minimum absolute atomic E-state index is 0.220. The molecule has 0 fully saturated rings. The van der Waals surface area contributed by atoms with Crippen molar-refractivity contribution in [2.45, 2.75) is 26.3 Å². The Bertz CT molecular complexity index is 914. The second-order valence-corrected chi connectivity index (χ2v) is 8.01. The van der Waals surface area contributed by atoms with Gasteiger partial charge in [-0.3, -0.25) is 9.10 Å². The maximum absolute atomic E-state index is 13.2. The zero-order valence-electron chi connectivity index (χ0n) is 15.7. The fourth-order valence-electron chi connectivity index (χ4n) is 2.78. The smallest absolute Gasteiger partial charge is 0.248 e. The highest BCUT2D eigenvalue weighted by Crippen LogP contribution is 2.27. The monoisotopic (exact) mass is 394 g/mol. The van der Waals surface area contributed by atoms with Crippen molar-refractivity contribution >= 4 is 27.3 Å². The average Bonchev–Trinajstić information content (AvgIpc) is 2.59. The minimum Gasteiger partial charge on any atom is -0.495 e. The number of rotatable bonds is 7. The normalized spacial score (nSPS) is 12.3. The van der Waals surface area contributed by atoms with Crippen LogP contribution in [0.1, 0.15) is 18.9 Å². The van der Waals surface area contributed by atoms with E-state index in [9.17, 15) is 17.6 Å². The molecule has 2 aromatic carbocycles. The van der Waals surface area contributed by atoms with E-state index in [-0.39, 0.29) is 12.1 Å². The molecule has 27 heavy (non-hydrogen) atoms. The van der Waals surface area contributed by atoms with Gasteiger partial charge in [-0.15, -0.1) is 0 Å². The number of nitrogens with zero attached hydrogens (tertiary/aromatic N) is 1. The first kappa shape index (κ1) is 20.7. The van der Waals surface area contributed by atoms with Gasteiger partial charge in [0.2, 0.25) is 15.9 Å².